The van der Waals surface area contributed by atoms with E-state index in [1.165, 1.54) is 19.3 Å². The highest BCUT2D eigenvalue weighted by atomic mass is 16.2. The van der Waals surface area contributed by atoms with Crippen molar-refractivity contribution in [2.75, 3.05) is 19.6 Å². The zero-order chi connectivity index (χ0) is 13.4. The average Bonchev–Trinajstić information content (AvgIpc) is 2.38. The SMILES string of the molecule is CCCN(CCNC(=O)C1CCCCC1)C(C)=O. The number of nitrogens with one attached hydrogen (secondary N) is 1. The molecular weight excluding hydrogens is 228 g/mol. The smallest absolute Gasteiger partial charge is 0.223 e. The van der Waals surface area contributed by atoms with Gasteiger partial charge in [0.1, 0.15) is 0 Å². The summed E-state index contributed by atoms with van der Waals surface area (Å²) in [6.07, 6.45) is 6.62. The first-order valence-electron chi connectivity index (χ1n) is 7.18. The number of hydrogen-bond acceptors (Lipinski definition) is 2. The number of hydrogen-bond donors (Lipinski definition) is 1. The zero-order valence-corrected chi connectivity index (χ0v) is 11.7. The standard InChI is InChI=1S/C14H26N2O2/c1-3-10-16(12(2)17)11-9-15-14(18)13-7-5-4-6-8-13/h13H,3-11H2,1-2H3,(H,15,18). The molecule has 0 aromatic heterocycles. The lowest BCUT2D eigenvalue weighted by Gasteiger charge is -2.23. The van der Waals surface area contributed by atoms with E-state index in [4.69, 9.17) is 0 Å². The first kappa shape index (κ1) is 15.0. The topological polar surface area (TPSA) is 49.4 Å². The van der Waals surface area contributed by atoms with E-state index >= 15 is 0 Å². The van der Waals surface area contributed by atoms with Gasteiger partial charge in [-0.1, -0.05) is 26.2 Å². The van der Waals surface area contributed by atoms with E-state index in [0.717, 1.165) is 25.8 Å². The second-order valence-corrected chi connectivity index (χ2v) is 5.13. The van der Waals surface area contributed by atoms with E-state index < -0.39 is 0 Å². The van der Waals surface area contributed by atoms with Crippen molar-refractivity contribution in [3.8, 4) is 0 Å². The molecule has 1 aliphatic rings. The van der Waals surface area contributed by atoms with Gasteiger partial charge in [0.05, 0.1) is 0 Å². The van der Waals surface area contributed by atoms with Crippen LogP contribution in [0.25, 0.3) is 0 Å². The third kappa shape index (κ3) is 5.07. The van der Waals surface area contributed by atoms with Crippen molar-refractivity contribution in [2.45, 2.75) is 52.4 Å². The van der Waals surface area contributed by atoms with Gasteiger partial charge in [0.25, 0.3) is 0 Å². The minimum atomic E-state index is 0.0868. The van der Waals surface area contributed by atoms with Gasteiger partial charge in [-0.05, 0) is 19.3 Å². The zero-order valence-electron chi connectivity index (χ0n) is 11.7. The predicted octanol–water partition coefficient (Wildman–Crippen LogP) is 1.94. The summed E-state index contributed by atoms with van der Waals surface area (Å²) in [6, 6.07) is 0. The van der Waals surface area contributed by atoms with Crippen LogP contribution in [0.5, 0.6) is 0 Å². The molecule has 104 valence electrons. The van der Waals surface area contributed by atoms with Gasteiger partial charge in [0, 0.05) is 32.5 Å². The molecule has 1 fully saturated rings. The van der Waals surface area contributed by atoms with Crippen molar-refractivity contribution in [2.24, 2.45) is 5.92 Å². The number of amides is 2. The van der Waals surface area contributed by atoms with Crippen molar-refractivity contribution < 1.29 is 9.59 Å². The fraction of sp³-hybridized carbons (Fsp3) is 0.857. The van der Waals surface area contributed by atoms with Crippen LogP contribution in [0.3, 0.4) is 0 Å². The average molecular weight is 254 g/mol. The molecule has 1 rings (SSSR count). The summed E-state index contributed by atoms with van der Waals surface area (Å²) in [7, 11) is 0. The van der Waals surface area contributed by atoms with Gasteiger partial charge >= 0.3 is 0 Å². The van der Waals surface area contributed by atoms with Gasteiger partial charge in [-0.3, -0.25) is 9.59 Å². The van der Waals surface area contributed by atoms with Crippen molar-refractivity contribution >= 4 is 11.8 Å². The van der Waals surface area contributed by atoms with Gasteiger partial charge in [-0.25, -0.2) is 0 Å². The van der Waals surface area contributed by atoms with E-state index in [9.17, 15) is 9.59 Å². The van der Waals surface area contributed by atoms with E-state index in [-0.39, 0.29) is 17.7 Å². The molecule has 0 radical (unpaired) electrons. The van der Waals surface area contributed by atoms with Crippen molar-refractivity contribution in [3.05, 3.63) is 0 Å². The molecule has 0 saturated heterocycles. The molecule has 0 atom stereocenters. The molecule has 0 aromatic carbocycles. The van der Waals surface area contributed by atoms with Crippen LogP contribution in [0.15, 0.2) is 0 Å². The second-order valence-electron chi connectivity index (χ2n) is 5.13. The van der Waals surface area contributed by atoms with Crippen LogP contribution in [0.2, 0.25) is 0 Å². The third-order valence-corrected chi connectivity index (χ3v) is 3.60. The molecule has 1 saturated carbocycles. The van der Waals surface area contributed by atoms with Crippen LogP contribution >= 0.6 is 0 Å². The molecule has 0 heterocycles. The van der Waals surface area contributed by atoms with Crippen LogP contribution in [-0.4, -0.2) is 36.3 Å². The first-order chi connectivity index (χ1) is 8.65. The summed E-state index contributed by atoms with van der Waals surface area (Å²) in [5, 5.41) is 2.96. The fourth-order valence-corrected chi connectivity index (χ4v) is 2.52. The van der Waals surface area contributed by atoms with Crippen LogP contribution in [0.1, 0.15) is 52.4 Å². The number of nitrogens with zero attached hydrogens (tertiary/aromatic N) is 1. The first-order valence-corrected chi connectivity index (χ1v) is 7.18. The van der Waals surface area contributed by atoms with Crippen molar-refractivity contribution in [3.63, 3.8) is 0 Å². The maximum absolute atomic E-state index is 11.9. The lowest BCUT2D eigenvalue weighted by Crippen LogP contribution is -2.40. The van der Waals surface area contributed by atoms with Crippen molar-refractivity contribution in [1.82, 2.24) is 10.2 Å². The number of rotatable bonds is 6. The summed E-state index contributed by atoms with van der Waals surface area (Å²) in [5.74, 6) is 0.467. The molecule has 0 aromatic rings. The highest BCUT2D eigenvalue weighted by Crippen LogP contribution is 2.23. The van der Waals surface area contributed by atoms with Crippen LogP contribution in [0, 0.1) is 5.92 Å². The number of carbonyl (C=O) groups is 2. The Morgan fingerprint density at radius 3 is 2.39 bits per heavy atom. The minimum Gasteiger partial charge on any atom is -0.354 e. The maximum Gasteiger partial charge on any atom is 0.223 e. The van der Waals surface area contributed by atoms with E-state index in [0.29, 0.717) is 13.1 Å². The molecule has 1 aliphatic carbocycles. The maximum atomic E-state index is 11.9. The highest BCUT2D eigenvalue weighted by Gasteiger charge is 2.20. The summed E-state index contributed by atoms with van der Waals surface area (Å²) in [4.78, 5) is 25.0. The quantitative estimate of drug-likeness (QED) is 0.787. The molecule has 1 N–H and O–H groups in total. The Labute approximate surface area is 110 Å². The van der Waals surface area contributed by atoms with Crippen LogP contribution < -0.4 is 5.32 Å². The van der Waals surface area contributed by atoms with Crippen LogP contribution in [-0.2, 0) is 9.59 Å². The Balaban J connectivity index is 2.22. The molecule has 0 unspecified atom stereocenters. The molecule has 0 aliphatic heterocycles. The minimum absolute atomic E-state index is 0.0868. The predicted molar refractivity (Wildman–Crippen MR) is 72.1 cm³/mol. The molecule has 0 spiro atoms. The van der Waals surface area contributed by atoms with Gasteiger partial charge in [0.15, 0.2) is 0 Å². The normalized spacial score (nSPS) is 16.3. The molecule has 18 heavy (non-hydrogen) atoms. The summed E-state index contributed by atoms with van der Waals surface area (Å²) >= 11 is 0. The fourth-order valence-electron chi connectivity index (χ4n) is 2.52. The molecular formula is C14H26N2O2. The Kier molecular flexibility index (Phi) is 6.76. The monoisotopic (exact) mass is 254 g/mol. The lowest BCUT2D eigenvalue weighted by atomic mass is 9.89. The largest absolute Gasteiger partial charge is 0.354 e. The van der Waals surface area contributed by atoms with E-state index in [1.54, 1.807) is 11.8 Å². The highest BCUT2D eigenvalue weighted by molar-refractivity contribution is 5.78. The van der Waals surface area contributed by atoms with Gasteiger partial charge in [-0.15, -0.1) is 0 Å². The van der Waals surface area contributed by atoms with Crippen LogP contribution in [0.4, 0.5) is 0 Å². The summed E-state index contributed by atoms with van der Waals surface area (Å²) in [6.45, 7) is 5.61. The van der Waals surface area contributed by atoms with Gasteiger partial charge < -0.3 is 10.2 Å². The van der Waals surface area contributed by atoms with E-state index in [1.807, 2.05) is 0 Å². The third-order valence-electron chi connectivity index (χ3n) is 3.60. The lowest BCUT2D eigenvalue weighted by molar-refractivity contribution is -0.130. The van der Waals surface area contributed by atoms with Gasteiger partial charge in [-0.2, -0.15) is 0 Å². The molecule has 4 nitrogen and oxygen atoms in total. The Morgan fingerprint density at radius 2 is 1.83 bits per heavy atom. The Bertz CT molecular complexity index is 273. The molecule has 0 bridgehead atoms. The summed E-state index contributed by atoms with van der Waals surface area (Å²) in [5.41, 5.74) is 0. The van der Waals surface area contributed by atoms with Gasteiger partial charge in [0.2, 0.25) is 11.8 Å². The summed E-state index contributed by atoms with van der Waals surface area (Å²) < 4.78 is 0. The molecule has 4 heteroatoms. The second kappa shape index (κ2) is 8.11. The van der Waals surface area contributed by atoms with Crippen molar-refractivity contribution in [1.29, 1.82) is 0 Å². The van der Waals surface area contributed by atoms with E-state index in [2.05, 4.69) is 12.2 Å². The molecule has 2 amide bonds. The Hall–Kier alpha value is -1.06. The number of carbonyl (C=O) groups excluding carboxylic acids is 2. The Morgan fingerprint density at radius 1 is 1.17 bits per heavy atom.